The maximum absolute atomic E-state index is 13.9. The summed E-state index contributed by atoms with van der Waals surface area (Å²) in [6, 6.07) is 15.1. The average Bonchev–Trinajstić information content (AvgIpc) is 3.07. The highest BCUT2D eigenvalue weighted by Crippen LogP contribution is 2.14. The SMILES string of the molecule is CC[C@H](C)[C@H](NC(=O)C[C@H](N)[C@H](Cc1ccccc1)NC(=O)C(NC(=O)[C@H](CC(C)C)NC(=O)CC(C)C)C(C)C)C(=O)NCc1ccccc1. The Morgan fingerprint density at radius 3 is 1.73 bits per heavy atom. The Balaban J connectivity index is 2.21. The van der Waals surface area contributed by atoms with Crippen molar-refractivity contribution in [1.82, 2.24) is 26.6 Å². The third-order valence-electron chi connectivity index (χ3n) is 8.88. The van der Waals surface area contributed by atoms with Crippen molar-refractivity contribution in [3.8, 4) is 0 Å². The molecule has 2 rings (SSSR count). The molecule has 0 radical (unpaired) electrons. The highest BCUT2D eigenvalue weighted by molar-refractivity contribution is 5.92. The van der Waals surface area contributed by atoms with E-state index in [-0.39, 0.29) is 41.9 Å². The van der Waals surface area contributed by atoms with Gasteiger partial charge in [-0.25, -0.2) is 0 Å². The monoisotopic (exact) mass is 706 g/mol. The smallest absolute Gasteiger partial charge is 0.243 e. The van der Waals surface area contributed by atoms with Gasteiger partial charge >= 0.3 is 0 Å². The number of carbonyl (C=O) groups excluding carboxylic acids is 5. The Morgan fingerprint density at radius 2 is 1.20 bits per heavy atom. The van der Waals surface area contributed by atoms with Gasteiger partial charge in [-0.3, -0.25) is 24.0 Å². The van der Waals surface area contributed by atoms with Crippen molar-refractivity contribution in [3.63, 3.8) is 0 Å². The molecule has 0 bridgehead atoms. The molecular weight excluding hydrogens is 644 g/mol. The maximum atomic E-state index is 13.9. The minimum Gasteiger partial charge on any atom is -0.350 e. The topological polar surface area (TPSA) is 172 Å². The number of nitrogens with one attached hydrogen (secondary N) is 5. The fourth-order valence-corrected chi connectivity index (χ4v) is 5.75. The predicted molar refractivity (Wildman–Crippen MR) is 202 cm³/mol. The minimum atomic E-state index is -0.920. The van der Waals surface area contributed by atoms with Gasteiger partial charge in [0.05, 0.1) is 0 Å². The summed E-state index contributed by atoms with van der Waals surface area (Å²) in [5, 5.41) is 14.6. The lowest BCUT2D eigenvalue weighted by molar-refractivity contribution is -0.133. The fraction of sp³-hybridized carbons (Fsp3) is 0.575. The molecule has 0 aromatic heterocycles. The second kappa shape index (κ2) is 21.9. The zero-order valence-electron chi connectivity index (χ0n) is 31.8. The quantitative estimate of drug-likeness (QED) is 0.115. The normalized spacial score (nSPS) is 14.9. The molecular formula is C40H62N6O5. The Labute approximate surface area is 305 Å². The van der Waals surface area contributed by atoms with Gasteiger partial charge in [-0.05, 0) is 47.6 Å². The van der Waals surface area contributed by atoms with Gasteiger partial charge in [0.15, 0.2) is 0 Å². The van der Waals surface area contributed by atoms with Crippen LogP contribution in [-0.4, -0.2) is 59.7 Å². The summed E-state index contributed by atoms with van der Waals surface area (Å²) in [6.45, 7) is 15.7. The summed E-state index contributed by atoms with van der Waals surface area (Å²) in [4.78, 5) is 66.7. The first kappa shape index (κ1) is 42.9. The van der Waals surface area contributed by atoms with Gasteiger partial charge in [-0.2, -0.15) is 0 Å². The highest BCUT2D eigenvalue weighted by Gasteiger charge is 2.33. The lowest BCUT2D eigenvalue weighted by Gasteiger charge is -2.31. The van der Waals surface area contributed by atoms with E-state index in [1.807, 2.05) is 116 Å². The van der Waals surface area contributed by atoms with E-state index in [4.69, 9.17) is 5.73 Å². The molecule has 0 aliphatic heterocycles. The second-order valence-electron chi connectivity index (χ2n) is 14.9. The van der Waals surface area contributed by atoms with Crippen LogP contribution in [0.15, 0.2) is 60.7 Å². The van der Waals surface area contributed by atoms with Crippen LogP contribution >= 0.6 is 0 Å². The summed E-state index contributed by atoms with van der Waals surface area (Å²) in [5.74, 6) is -1.94. The molecule has 2 aromatic carbocycles. The lowest BCUT2D eigenvalue weighted by atomic mass is 9.94. The summed E-state index contributed by atoms with van der Waals surface area (Å²) in [6.07, 6.45) is 1.57. The molecule has 1 unspecified atom stereocenters. The highest BCUT2D eigenvalue weighted by atomic mass is 16.2. The molecule has 2 aromatic rings. The van der Waals surface area contributed by atoms with Gasteiger partial charge in [0.2, 0.25) is 29.5 Å². The Hall–Kier alpha value is -4.25. The number of rotatable bonds is 21. The summed E-state index contributed by atoms with van der Waals surface area (Å²) < 4.78 is 0. The fourth-order valence-electron chi connectivity index (χ4n) is 5.75. The van der Waals surface area contributed by atoms with Crippen molar-refractivity contribution in [2.24, 2.45) is 29.4 Å². The number of carbonyl (C=O) groups is 5. The van der Waals surface area contributed by atoms with Gasteiger partial charge in [0.1, 0.15) is 18.1 Å². The standard InChI is InChI=1S/C40H62N6O5/c1-9-28(8)37(39(50)42-24-30-18-14-11-15-19-30)45-35(48)23-31(41)32(22-29-16-12-10-13-17-29)44-40(51)36(27(6)7)46-38(49)33(20-25(2)3)43-34(47)21-26(4)5/h10-19,25-28,31-33,36-37H,9,20-24,41H2,1-8H3,(H,42,50)(H,43,47)(H,44,51)(H,45,48)(H,46,49)/t28-,31-,32-,33-,36?,37-/m0/s1. The van der Waals surface area contributed by atoms with E-state index < -0.39 is 47.9 Å². The Kier molecular flexibility index (Phi) is 18.4. The van der Waals surface area contributed by atoms with Gasteiger partial charge in [0.25, 0.3) is 0 Å². The molecule has 51 heavy (non-hydrogen) atoms. The van der Waals surface area contributed by atoms with Crippen molar-refractivity contribution < 1.29 is 24.0 Å². The number of hydrogen-bond donors (Lipinski definition) is 6. The molecule has 282 valence electrons. The predicted octanol–water partition coefficient (Wildman–Crippen LogP) is 4.00. The lowest BCUT2D eigenvalue weighted by Crippen LogP contribution is -2.59. The Morgan fingerprint density at radius 1 is 0.627 bits per heavy atom. The third kappa shape index (κ3) is 15.7. The van der Waals surface area contributed by atoms with Crippen LogP contribution in [0.3, 0.4) is 0 Å². The molecule has 0 heterocycles. The van der Waals surface area contributed by atoms with E-state index in [2.05, 4.69) is 26.6 Å². The van der Waals surface area contributed by atoms with E-state index >= 15 is 0 Å². The van der Waals surface area contributed by atoms with E-state index in [9.17, 15) is 24.0 Å². The second-order valence-corrected chi connectivity index (χ2v) is 14.9. The molecule has 0 aliphatic rings. The largest absolute Gasteiger partial charge is 0.350 e. The summed E-state index contributed by atoms with van der Waals surface area (Å²) >= 11 is 0. The molecule has 11 heteroatoms. The van der Waals surface area contributed by atoms with Crippen molar-refractivity contribution in [3.05, 3.63) is 71.8 Å². The average molecular weight is 707 g/mol. The third-order valence-corrected chi connectivity index (χ3v) is 8.88. The first-order valence-corrected chi connectivity index (χ1v) is 18.4. The van der Waals surface area contributed by atoms with Gasteiger partial charge in [-0.1, -0.05) is 122 Å². The van der Waals surface area contributed by atoms with Crippen LogP contribution in [0, 0.1) is 23.7 Å². The molecule has 0 spiro atoms. The van der Waals surface area contributed by atoms with Crippen molar-refractivity contribution >= 4 is 29.5 Å². The molecule has 6 atom stereocenters. The van der Waals surface area contributed by atoms with Crippen molar-refractivity contribution in [2.45, 2.75) is 124 Å². The van der Waals surface area contributed by atoms with Gasteiger partial charge in [0, 0.05) is 31.5 Å². The van der Waals surface area contributed by atoms with Crippen LogP contribution in [0.4, 0.5) is 0 Å². The van der Waals surface area contributed by atoms with E-state index in [1.54, 1.807) is 0 Å². The molecule has 0 aliphatic carbocycles. The van der Waals surface area contributed by atoms with Crippen LogP contribution in [0.5, 0.6) is 0 Å². The number of hydrogen-bond acceptors (Lipinski definition) is 6. The first-order chi connectivity index (χ1) is 24.1. The first-order valence-electron chi connectivity index (χ1n) is 18.4. The molecule has 7 N–H and O–H groups in total. The van der Waals surface area contributed by atoms with Crippen LogP contribution < -0.4 is 32.3 Å². The molecule has 0 saturated carbocycles. The van der Waals surface area contributed by atoms with E-state index in [0.29, 0.717) is 32.2 Å². The number of benzene rings is 2. The van der Waals surface area contributed by atoms with Crippen LogP contribution in [0.2, 0.25) is 0 Å². The van der Waals surface area contributed by atoms with E-state index in [1.165, 1.54) is 0 Å². The maximum Gasteiger partial charge on any atom is 0.243 e. The molecule has 11 nitrogen and oxygen atoms in total. The minimum absolute atomic E-state index is 0.126. The Bertz CT molecular complexity index is 1380. The number of amides is 5. The van der Waals surface area contributed by atoms with Gasteiger partial charge in [-0.15, -0.1) is 0 Å². The molecule has 0 saturated heterocycles. The molecule has 0 fully saturated rings. The van der Waals surface area contributed by atoms with Crippen molar-refractivity contribution in [2.75, 3.05) is 0 Å². The summed E-state index contributed by atoms with van der Waals surface area (Å²) in [5.41, 5.74) is 8.53. The van der Waals surface area contributed by atoms with Crippen molar-refractivity contribution in [1.29, 1.82) is 0 Å². The zero-order chi connectivity index (χ0) is 38.1. The van der Waals surface area contributed by atoms with Crippen LogP contribution in [0.25, 0.3) is 0 Å². The summed E-state index contributed by atoms with van der Waals surface area (Å²) in [7, 11) is 0. The van der Waals surface area contributed by atoms with Crippen LogP contribution in [0.1, 0.15) is 92.2 Å². The molecule has 5 amide bonds. The number of nitrogens with two attached hydrogens (primary N) is 1. The van der Waals surface area contributed by atoms with Gasteiger partial charge < -0.3 is 32.3 Å². The van der Waals surface area contributed by atoms with Crippen LogP contribution in [-0.2, 0) is 36.9 Å². The zero-order valence-corrected chi connectivity index (χ0v) is 31.8. The van der Waals surface area contributed by atoms with E-state index in [0.717, 1.165) is 11.1 Å².